The van der Waals surface area contributed by atoms with Crippen LogP contribution in [0.4, 0.5) is 4.39 Å². The van der Waals surface area contributed by atoms with E-state index in [0.717, 1.165) is 12.1 Å². The van der Waals surface area contributed by atoms with Crippen LogP contribution in [-0.4, -0.2) is 24.0 Å². The topological polar surface area (TPSA) is 63.6 Å². The Morgan fingerprint density at radius 3 is 2.67 bits per heavy atom. The Morgan fingerprint density at radius 2 is 2.13 bits per heavy atom. The molecule has 0 radical (unpaired) electrons. The molecular formula is C10H9FO4. The summed E-state index contributed by atoms with van der Waals surface area (Å²) in [5.41, 5.74) is -0.0556. The molecule has 0 atom stereocenters. The third kappa shape index (κ3) is 2.77. The van der Waals surface area contributed by atoms with Gasteiger partial charge in [0, 0.05) is 0 Å². The third-order valence-corrected chi connectivity index (χ3v) is 1.77. The first-order valence-corrected chi connectivity index (χ1v) is 4.13. The molecule has 4 nitrogen and oxygen atoms in total. The highest BCUT2D eigenvalue weighted by molar-refractivity contribution is 6.07. The zero-order chi connectivity index (χ0) is 11.4. The van der Waals surface area contributed by atoms with Crippen molar-refractivity contribution in [2.45, 2.75) is 6.42 Å². The molecule has 0 saturated carbocycles. The lowest BCUT2D eigenvalue weighted by molar-refractivity contribution is -0.135. The molecule has 0 bridgehead atoms. The third-order valence-electron chi connectivity index (χ3n) is 1.77. The Hall–Kier alpha value is -1.91. The number of methoxy groups -OCH3 is 1. The molecule has 0 aromatic heterocycles. The van der Waals surface area contributed by atoms with Crippen LogP contribution in [0.3, 0.4) is 0 Å². The lowest BCUT2D eigenvalue weighted by atomic mass is 10.1. The molecule has 1 rings (SSSR count). The van der Waals surface area contributed by atoms with Crippen molar-refractivity contribution in [3.63, 3.8) is 0 Å². The number of rotatable bonds is 4. The zero-order valence-electron chi connectivity index (χ0n) is 7.99. The minimum atomic E-state index is -1.26. The van der Waals surface area contributed by atoms with E-state index in [1.165, 1.54) is 13.2 Å². The standard InChI is InChI=1S/C10H9FO4/c1-15-9-3-2-6(11)4-7(9)8(12)5-10(13)14/h2-4H,5H2,1H3,(H,13,14). The molecule has 0 heterocycles. The number of carboxylic acids is 1. The van der Waals surface area contributed by atoms with Gasteiger partial charge in [-0.1, -0.05) is 0 Å². The van der Waals surface area contributed by atoms with Crippen molar-refractivity contribution in [2.24, 2.45) is 0 Å². The van der Waals surface area contributed by atoms with E-state index in [1.54, 1.807) is 0 Å². The number of hydrogen-bond acceptors (Lipinski definition) is 3. The van der Waals surface area contributed by atoms with Gasteiger partial charge < -0.3 is 9.84 Å². The Labute approximate surface area is 85.3 Å². The zero-order valence-corrected chi connectivity index (χ0v) is 7.99. The largest absolute Gasteiger partial charge is 0.496 e. The number of Topliss-reactive ketones (excluding diaryl/α,β-unsaturated/α-hetero) is 1. The second-order valence-electron chi connectivity index (χ2n) is 2.84. The van der Waals surface area contributed by atoms with Crippen LogP contribution in [0.25, 0.3) is 0 Å². The lowest BCUT2D eigenvalue weighted by Gasteiger charge is -2.05. The van der Waals surface area contributed by atoms with Crippen molar-refractivity contribution >= 4 is 11.8 Å². The number of carboxylic acid groups (broad SMARTS) is 1. The highest BCUT2D eigenvalue weighted by Crippen LogP contribution is 2.20. The van der Waals surface area contributed by atoms with Crippen molar-refractivity contribution in [3.05, 3.63) is 29.6 Å². The van der Waals surface area contributed by atoms with Crippen LogP contribution in [0.15, 0.2) is 18.2 Å². The molecule has 0 spiro atoms. The SMILES string of the molecule is COc1ccc(F)cc1C(=O)CC(=O)O. The fraction of sp³-hybridized carbons (Fsp3) is 0.200. The van der Waals surface area contributed by atoms with E-state index in [-0.39, 0.29) is 11.3 Å². The monoisotopic (exact) mass is 212 g/mol. The summed E-state index contributed by atoms with van der Waals surface area (Å²) in [6.07, 6.45) is -0.681. The fourth-order valence-corrected chi connectivity index (χ4v) is 1.13. The van der Waals surface area contributed by atoms with Gasteiger partial charge in [-0.15, -0.1) is 0 Å². The maximum absolute atomic E-state index is 12.8. The van der Waals surface area contributed by atoms with Crippen molar-refractivity contribution < 1.29 is 23.8 Å². The van der Waals surface area contributed by atoms with Gasteiger partial charge in [-0.2, -0.15) is 0 Å². The molecule has 0 saturated heterocycles. The van der Waals surface area contributed by atoms with Crippen molar-refractivity contribution in [2.75, 3.05) is 7.11 Å². The fourth-order valence-electron chi connectivity index (χ4n) is 1.13. The highest BCUT2D eigenvalue weighted by atomic mass is 19.1. The average Bonchev–Trinajstić information content (AvgIpc) is 2.16. The average molecular weight is 212 g/mol. The highest BCUT2D eigenvalue weighted by Gasteiger charge is 2.16. The molecule has 0 amide bonds. The molecule has 0 aliphatic heterocycles. The summed E-state index contributed by atoms with van der Waals surface area (Å²) in [5.74, 6) is -2.38. The predicted octanol–water partition coefficient (Wildman–Crippen LogP) is 1.49. The van der Waals surface area contributed by atoms with Gasteiger partial charge in [-0.25, -0.2) is 4.39 Å². The van der Waals surface area contributed by atoms with Crippen LogP contribution in [0.5, 0.6) is 5.75 Å². The molecular weight excluding hydrogens is 203 g/mol. The number of benzene rings is 1. The summed E-state index contributed by atoms with van der Waals surface area (Å²) >= 11 is 0. The minimum absolute atomic E-state index is 0.0556. The van der Waals surface area contributed by atoms with Gasteiger partial charge >= 0.3 is 5.97 Å². The molecule has 0 aliphatic carbocycles. The number of aliphatic carboxylic acids is 1. The maximum Gasteiger partial charge on any atom is 0.311 e. The lowest BCUT2D eigenvalue weighted by Crippen LogP contribution is -2.08. The molecule has 1 aromatic rings. The smallest absolute Gasteiger partial charge is 0.311 e. The summed E-state index contributed by atoms with van der Waals surface area (Å²) in [4.78, 5) is 21.7. The number of ether oxygens (including phenoxy) is 1. The molecule has 80 valence electrons. The van der Waals surface area contributed by atoms with Gasteiger partial charge in [0.05, 0.1) is 12.7 Å². The van der Waals surface area contributed by atoms with E-state index in [1.807, 2.05) is 0 Å². The van der Waals surface area contributed by atoms with Gasteiger partial charge in [-0.05, 0) is 18.2 Å². The van der Waals surface area contributed by atoms with Gasteiger partial charge in [0.2, 0.25) is 0 Å². The van der Waals surface area contributed by atoms with Crippen LogP contribution in [-0.2, 0) is 4.79 Å². The summed E-state index contributed by atoms with van der Waals surface area (Å²) < 4.78 is 17.6. The summed E-state index contributed by atoms with van der Waals surface area (Å²) in [5, 5.41) is 8.42. The normalized spacial score (nSPS) is 9.73. The molecule has 0 fully saturated rings. The molecule has 1 aromatic carbocycles. The first-order chi connectivity index (χ1) is 7.04. The predicted molar refractivity (Wildman–Crippen MR) is 49.5 cm³/mol. The van der Waals surface area contributed by atoms with Crippen LogP contribution in [0, 0.1) is 5.82 Å². The van der Waals surface area contributed by atoms with Crippen LogP contribution in [0.2, 0.25) is 0 Å². The number of carbonyl (C=O) groups is 2. The van der Waals surface area contributed by atoms with Crippen LogP contribution in [0.1, 0.15) is 16.8 Å². The van der Waals surface area contributed by atoms with Gasteiger partial charge in [0.1, 0.15) is 18.0 Å². The Bertz CT molecular complexity index is 400. The number of hydrogen-bond donors (Lipinski definition) is 1. The second-order valence-corrected chi connectivity index (χ2v) is 2.84. The molecule has 1 N–H and O–H groups in total. The summed E-state index contributed by atoms with van der Waals surface area (Å²) in [6.45, 7) is 0. The van der Waals surface area contributed by atoms with Crippen molar-refractivity contribution in [3.8, 4) is 5.75 Å². The van der Waals surface area contributed by atoms with Gasteiger partial charge in [-0.3, -0.25) is 9.59 Å². The molecule has 15 heavy (non-hydrogen) atoms. The summed E-state index contributed by atoms with van der Waals surface area (Å²) in [6, 6.07) is 3.38. The van der Waals surface area contributed by atoms with Gasteiger partial charge in [0.25, 0.3) is 0 Å². The van der Waals surface area contributed by atoms with Crippen molar-refractivity contribution in [1.29, 1.82) is 0 Å². The Kier molecular flexibility index (Phi) is 3.38. The van der Waals surface area contributed by atoms with E-state index in [0.29, 0.717) is 0 Å². The molecule has 0 aliphatic rings. The van der Waals surface area contributed by atoms with Gasteiger partial charge in [0.15, 0.2) is 5.78 Å². The number of carbonyl (C=O) groups excluding carboxylic acids is 1. The van der Waals surface area contributed by atoms with E-state index >= 15 is 0 Å². The van der Waals surface area contributed by atoms with Crippen LogP contribution < -0.4 is 4.74 Å². The maximum atomic E-state index is 12.8. The first-order valence-electron chi connectivity index (χ1n) is 4.13. The van der Waals surface area contributed by atoms with Crippen molar-refractivity contribution in [1.82, 2.24) is 0 Å². The number of ketones is 1. The Morgan fingerprint density at radius 1 is 1.47 bits per heavy atom. The molecule has 0 unspecified atom stereocenters. The van der Waals surface area contributed by atoms with E-state index < -0.39 is 24.0 Å². The quantitative estimate of drug-likeness (QED) is 0.606. The van der Waals surface area contributed by atoms with E-state index in [2.05, 4.69) is 0 Å². The van der Waals surface area contributed by atoms with Crippen LogP contribution >= 0.6 is 0 Å². The van der Waals surface area contributed by atoms with E-state index in [9.17, 15) is 14.0 Å². The Balaban J connectivity index is 3.05. The second kappa shape index (κ2) is 4.54. The van der Waals surface area contributed by atoms with E-state index in [4.69, 9.17) is 9.84 Å². The first kappa shape index (κ1) is 11.2. The minimum Gasteiger partial charge on any atom is -0.496 e. The summed E-state index contributed by atoms with van der Waals surface area (Å²) in [7, 11) is 1.32. The number of halogens is 1. The molecule has 5 heteroatoms.